The van der Waals surface area contributed by atoms with Crippen LogP contribution in [0, 0.1) is 11.8 Å². The van der Waals surface area contributed by atoms with Crippen LogP contribution in [0.2, 0.25) is 0 Å². The highest BCUT2D eigenvalue weighted by Crippen LogP contribution is 2.25. The molecule has 0 aromatic heterocycles. The van der Waals surface area contributed by atoms with Crippen molar-refractivity contribution in [3.8, 4) is 0 Å². The molecule has 0 fully saturated rings. The summed E-state index contributed by atoms with van der Waals surface area (Å²) in [5, 5.41) is 0. The molecular weight excluding hydrogens is 364 g/mol. The van der Waals surface area contributed by atoms with Gasteiger partial charge in [-0.1, -0.05) is 70.0 Å². The Labute approximate surface area is 174 Å². The van der Waals surface area contributed by atoms with Crippen LogP contribution in [0.25, 0.3) is 0 Å². The molecule has 0 saturated heterocycles. The van der Waals surface area contributed by atoms with Crippen LogP contribution in [-0.2, 0) is 9.47 Å². The van der Waals surface area contributed by atoms with Gasteiger partial charge in [0, 0.05) is 5.92 Å². The van der Waals surface area contributed by atoms with Gasteiger partial charge in [-0.25, -0.2) is 9.59 Å². The normalized spacial score (nSPS) is 13.0. The molecule has 156 valence electrons. The molecule has 0 N–H and O–H groups in total. The maximum atomic E-state index is 12.6. The minimum Gasteiger partial charge on any atom is -0.462 e. The van der Waals surface area contributed by atoms with E-state index in [4.69, 9.17) is 9.47 Å². The maximum Gasteiger partial charge on any atom is 0.338 e. The first kappa shape index (κ1) is 22.7. The first-order valence-electron chi connectivity index (χ1n) is 10.5. The van der Waals surface area contributed by atoms with Gasteiger partial charge in [0.25, 0.3) is 0 Å². The topological polar surface area (TPSA) is 52.6 Å². The minimum atomic E-state index is -0.349. The monoisotopic (exact) mass is 396 g/mol. The Bertz CT molecular complexity index is 740. The third kappa shape index (κ3) is 7.37. The molecule has 0 heterocycles. The fourth-order valence-corrected chi connectivity index (χ4v) is 3.29. The number of carbonyl (C=O) groups excluding carboxylic acids is 2. The van der Waals surface area contributed by atoms with Crippen molar-refractivity contribution in [3.63, 3.8) is 0 Å². The van der Waals surface area contributed by atoms with Crippen molar-refractivity contribution in [1.82, 2.24) is 0 Å². The Hall–Kier alpha value is -2.62. The van der Waals surface area contributed by atoms with Gasteiger partial charge in [-0.3, -0.25) is 0 Å². The molecule has 0 aliphatic rings. The quantitative estimate of drug-likeness (QED) is 0.349. The van der Waals surface area contributed by atoms with Gasteiger partial charge in [0.1, 0.15) is 6.10 Å². The van der Waals surface area contributed by atoms with E-state index in [1.807, 2.05) is 36.4 Å². The average molecular weight is 397 g/mol. The molecule has 2 aromatic rings. The van der Waals surface area contributed by atoms with Gasteiger partial charge in [-0.2, -0.15) is 0 Å². The van der Waals surface area contributed by atoms with Crippen LogP contribution in [0.4, 0.5) is 0 Å². The molecule has 0 bridgehead atoms. The van der Waals surface area contributed by atoms with E-state index in [0.717, 1.165) is 25.7 Å². The van der Waals surface area contributed by atoms with Gasteiger partial charge < -0.3 is 9.47 Å². The van der Waals surface area contributed by atoms with Gasteiger partial charge in [-0.15, -0.1) is 0 Å². The summed E-state index contributed by atoms with van der Waals surface area (Å²) in [6, 6.07) is 18.0. The molecule has 0 saturated carbocycles. The number of hydrogen-bond donors (Lipinski definition) is 0. The number of ether oxygens (including phenoxy) is 2. The van der Waals surface area contributed by atoms with Gasteiger partial charge in [0.15, 0.2) is 0 Å². The zero-order chi connectivity index (χ0) is 21.1. The van der Waals surface area contributed by atoms with Crippen molar-refractivity contribution in [2.24, 2.45) is 11.8 Å². The summed E-state index contributed by atoms with van der Waals surface area (Å²) in [5.74, 6) is -0.536. The lowest BCUT2D eigenvalue weighted by Crippen LogP contribution is -2.34. The van der Waals surface area contributed by atoms with Crippen molar-refractivity contribution in [3.05, 3.63) is 71.8 Å². The van der Waals surface area contributed by atoms with Crippen LogP contribution < -0.4 is 0 Å². The number of rotatable bonds is 11. The highest BCUT2D eigenvalue weighted by atomic mass is 16.6. The Morgan fingerprint density at radius 2 is 1.38 bits per heavy atom. The van der Waals surface area contributed by atoms with Crippen molar-refractivity contribution < 1.29 is 19.1 Å². The second kappa shape index (κ2) is 12.1. The Balaban J connectivity index is 2.08. The summed E-state index contributed by atoms with van der Waals surface area (Å²) in [6.07, 6.45) is 3.61. The maximum absolute atomic E-state index is 12.6. The van der Waals surface area contributed by atoms with Crippen molar-refractivity contribution >= 4 is 11.9 Å². The van der Waals surface area contributed by atoms with Crippen LogP contribution in [0.3, 0.4) is 0 Å². The molecular formula is C25H32O4. The number of benzene rings is 2. The van der Waals surface area contributed by atoms with Crippen LogP contribution in [0.1, 0.15) is 67.2 Å². The largest absolute Gasteiger partial charge is 0.462 e. The van der Waals surface area contributed by atoms with Gasteiger partial charge in [-0.05, 0) is 43.0 Å². The van der Waals surface area contributed by atoms with Crippen LogP contribution >= 0.6 is 0 Å². The first-order chi connectivity index (χ1) is 14.0. The highest BCUT2D eigenvalue weighted by Gasteiger charge is 2.29. The molecule has 0 amide bonds. The summed E-state index contributed by atoms with van der Waals surface area (Å²) >= 11 is 0. The molecule has 2 unspecified atom stereocenters. The molecule has 4 nitrogen and oxygen atoms in total. The van der Waals surface area contributed by atoms with Gasteiger partial charge in [0.05, 0.1) is 17.7 Å². The van der Waals surface area contributed by atoms with E-state index in [-0.39, 0.29) is 36.5 Å². The van der Waals surface area contributed by atoms with E-state index >= 15 is 0 Å². The summed E-state index contributed by atoms with van der Waals surface area (Å²) < 4.78 is 11.5. The lowest BCUT2D eigenvalue weighted by molar-refractivity contribution is -0.0183. The van der Waals surface area contributed by atoms with E-state index in [2.05, 4.69) is 20.8 Å². The van der Waals surface area contributed by atoms with Crippen molar-refractivity contribution in [2.75, 3.05) is 6.61 Å². The molecule has 2 rings (SSSR count). The number of hydrogen-bond acceptors (Lipinski definition) is 4. The Morgan fingerprint density at radius 1 is 0.828 bits per heavy atom. The predicted molar refractivity (Wildman–Crippen MR) is 115 cm³/mol. The predicted octanol–water partition coefficient (Wildman–Crippen LogP) is 5.92. The van der Waals surface area contributed by atoms with E-state index in [1.54, 1.807) is 24.3 Å². The number of carbonyl (C=O) groups is 2. The lowest BCUT2D eigenvalue weighted by Gasteiger charge is -2.30. The molecule has 29 heavy (non-hydrogen) atoms. The Kier molecular flexibility index (Phi) is 9.42. The zero-order valence-electron chi connectivity index (χ0n) is 17.7. The molecule has 0 aliphatic heterocycles. The Morgan fingerprint density at radius 3 is 1.90 bits per heavy atom. The molecule has 0 spiro atoms. The highest BCUT2D eigenvalue weighted by molar-refractivity contribution is 5.90. The average Bonchev–Trinajstić information content (AvgIpc) is 2.74. The van der Waals surface area contributed by atoms with Crippen molar-refractivity contribution in [1.29, 1.82) is 0 Å². The van der Waals surface area contributed by atoms with Crippen LogP contribution in [-0.4, -0.2) is 24.6 Å². The smallest absolute Gasteiger partial charge is 0.338 e. The molecule has 2 atom stereocenters. The molecule has 0 aliphatic carbocycles. The molecule has 0 radical (unpaired) electrons. The second-order valence-electron chi connectivity index (χ2n) is 7.68. The van der Waals surface area contributed by atoms with E-state index < -0.39 is 0 Å². The SMILES string of the molecule is CCCCCC(OC(=O)c1ccccc1)C(COC(=O)c1ccccc1)C(C)C. The molecule has 2 aromatic carbocycles. The first-order valence-corrected chi connectivity index (χ1v) is 10.5. The van der Waals surface area contributed by atoms with E-state index in [9.17, 15) is 9.59 Å². The van der Waals surface area contributed by atoms with Crippen molar-refractivity contribution in [2.45, 2.75) is 52.6 Å². The van der Waals surface area contributed by atoms with Crippen LogP contribution in [0.5, 0.6) is 0 Å². The standard InChI is InChI=1S/C25H32O4/c1-4-5-8-17-23(29-25(27)21-15-11-7-12-16-21)22(19(2)3)18-28-24(26)20-13-9-6-10-14-20/h6-7,9-16,19,22-23H,4-5,8,17-18H2,1-3H3. The fraction of sp³-hybridized carbons (Fsp3) is 0.440. The van der Waals surface area contributed by atoms with E-state index in [1.165, 1.54) is 0 Å². The zero-order valence-corrected chi connectivity index (χ0v) is 17.7. The number of unbranched alkanes of at least 4 members (excludes halogenated alkanes) is 2. The third-order valence-electron chi connectivity index (χ3n) is 5.11. The third-order valence-corrected chi connectivity index (χ3v) is 5.11. The summed E-state index contributed by atoms with van der Waals surface area (Å²) in [5.41, 5.74) is 1.07. The lowest BCUT2D eigenvalue weighted by atomic mass is 9.88. The van der Waals surface area contributed by atoms with Crippen LogP contribution in [0.15, 0.2) is 60.7 Å². The fourth-order valence-electron chi connectivity index (χ4n) is 3.29. The minimum absolute atomic E-state index is 0.0628. The summed E-state index contributed by atoms with van der Waals surface area (Å²) in [6.45, 7) is 6.52. The van der Waals surface area contributed by atoms with Gasteiger partial charge >= 0.3 is 11.9 Å². The molecule has 4 heteroatoms. The van der Waals surface area contributed by atoms with E-state index in [0.29, 0.717) is 11.1 Å². The summed E-state index contributed by atoms with van der Waals surface area (Å²) in [7, 11) is 0. The second-order valence-corrected chi connectivity index (χ2v) is 7.68. The van der Waals surface area contributed by atoms with Gasteiger partial charge in [0.2, 0.25) is 0 Å². The summed E-state index contributed by atoms with van der Waals surface area (Å²) in [4.78, 5) is 25.0. The number of esters is 2.